The van der Waals surface area contributed by atoms with E-state index in [1.165, 1.54) is 6.33 Å². The summed E-state index contributed by atoms with van der Waals surface area (Å²) in [7, 11) is 1.62. The fourth-order valence-electron chi connectivity index (χ4n) is 1.85. The SMILES string of the molecule is COCc1cc(NCC(C)(O)CSC)n2ncnc2n1. The lowest BCUT2D eigenvalue weighted by Gasteiger charge is -2.23. The topological polar surface area (TPSA) is 84.6 Å². The third kappa shape index (κ3) is 3.59. The minimum Gasteiger partial charge on any atom is -0.387 e. The van der Waals surface area contributed by atoms with E-state index in [0.29, 0.717) is 24.7 Å². The Hall–Kier alpha value is -1.38. The summed E-state index contributed by atoms with van der Waals surface area (Å²) in [6.45, 7) is 2.62. The zero-order valence-electron chi connectivity index (χ0n) is 11.8. The number of aliphatic hydroxyl groups is 1. The Balaban J connectivity index is 2.21. The molecule has 0 saturated heterocycles. The summed E-state index contributed by atoms with van der Waals surface area (Å²) in [6, 6.07) is 1.85. The van der Waals surface area contributed by atoms with Gasteiger partial charge in [0.05, 0.1) is 17.9 Å². The normalized spacial score (nSPS) is 14.4. The fraction of sp³-hybridized carbons (Fsp3) is 0.583. The Bertz CT molecular complexity index is 572. The Morgan fingerprint density at radius 1 is 1.55 bits per heavy atom. The highest BCUT2D eigenvalue weighted by molar-refractivity contribution is 7.98. The van der Waals surface area contributed by atoms with Gasteiger partial charge >= 0.3 is 0 Å². The first-order valence-electron chi connectivity index (χ1n) is 6.19. The van der Waals surface area contributed by atoms with Gasteiger partial charge < -0.3 is 15.2 Å². The van der Waals surface area contributed by atoms with Crippen LogP contribution in [0.5, 0.6) is 0 Å². The van der Waals surface area contributed by atoms with Gasteiger partial charge in [-0.05, 0) is 13.2 Å². The van der Waals surface area contributed by atoms with E-state index in [0.717, 1.165) is 11.5 Å². The summed E-state index contributed by atoms with van der Waals surface area (Å²) < 4.78 is 6.70. The fourth-order valence-corrected chi connectivity index (χ4v) is 2.58. The lowest BCUT2D eigenvalue weighted by molar-refractivity contribution is 0.0996. The molecule has 0 saturated carbocycles. The molecule has 1 atom stereocenters. The molecular weight excluding hydrogens is 278 g/mol. The molecule has 0 spiro atoms. The van der Waals surface area contributed by atoms with Crippen molar-refractivity contribution < 1.29 is 9.84 Å². The lowest BCUT2D eigenvalue weighted by Crippen LogP contribution is -2.36. The van der Waals surface area contributed by atoms with Crippen LogP contribution in [0.25, 0.3) is 5.78 Å². The van der Waals surface area contributed by atoms with Crippen molar-refractivity contribution in [3.8, 4) is 0 Å². The summed E-state index contributed by atoms with van der Waals surface area (Å²) in [5, 5.41) is 17.5. The van der Waals surface area contributed by atoms with Gasteiger partial charge in [0.1, 0.15) is 12.1 Å². The Kier molecular flexibility index (Phi) is 4.79. The zero-order chi connectivity index (χ0) is 14.6. The Labute approximate surface area is 121 Å². The van der Waals surface area contributed by atoms with E-state index in [4.69, 9.17) is 4.74 Å². The maximum Gasteiger partial charge on any atom is 0.254 e. The molecule has 0 aliphatic heterocycles. The standard InChI is InChI=1S/C12H19N5O2S/c1-12(18,7-20-3)6-13-10-4-9(5-19-2)16-11-14-8-15-17(10)11/h4,8,13,18H,5-7H2,1-3H3. The van der Waals surface area contributed by atoms with Crippen molar-refractivity contribution >= 4 is 23.4 Å². The van der Waals surface area contributed by atoms with Crippen molar-refractivity contribution in [2.24, 2.45) is 0 Å². The van der Waals surface area contributed by atoms with Crippen LogP contribution >= 0.6 is 11.8 Å². The van der Waals surface area contributed by atoms with Gasteiger partial charge in [-0.25, -0.2) is 4.98 Å². The average molecular weight is 297 g/mol. The van der Waals surface area contributed by atoms with E-state index >= 15 is 0 Å². The molecule has 0 aromatic carbocycles. The van der Waals surface area contributed by atoms with E-state index in [1.807, 2.05) is 12.3 Å². The summed E-state index contributed by atoms with van der Waals surface area (Å²) in [6.07, 6.45) is 3.41. The number of hydrogen-bond acceptors (Lipinski definition) is 7. The number of thioether (sulfide) groups is 1. The zero-order valence-corrected chi connectivity index (χ0v) is 12.6. The highest BCUT2D eigenvalue weighted by Crippen LogP contribution is 2.15. The molecule has 1 unspecified atom stereocenters. The number of nitrogens with zero attached hydrogens (tertiary/aromatic N) is 4. The first-order chi connectivity index (χ1) is 9.55. The summed E-state index contributed by atoms with van der Waals surface area (Å²) >= 11 is 1.60. The quantitative estimate of drug-likeness (QED) is 0.781. The molecule has 20 heavy (non-hydrogen) atoms. The van der Waals surface area contributed by atoms with Crippen molar-refractivity contribution in [1.82, 2.24) is 19.6 Å². The Morgan fingerprint density at radius 2 is 2.35 bits per heavy atom. The second-order valence-corrected chi connectivity index (χ2v) is 5.69. The Morgan fingerprint density at radius 3 is 3.05 bits per heavy atom. The minimum absolute atomic E-state index is 0.402. The van der Waals surface area contributed by atoms with Crippen LogP contribution in [0, 0.1) is 0 Å². The second-order valence-electron chi connectivity index (χ2n) is 4.82. The molecule has 2 heterocycles. The predicted octanol–water partition coefficient (Wildman–Crippen LogP) is 0.797. The van der Waals surface area contributed by atoms with Crippen molar-refractivity contribution in [1.29, 1.82) is 0 Å². The van der Waals surface area contributed by atoms with Gasteiger partial charge in [0.25, 0.3) is 5.78 Å². The van der Waals surface area contributed by atoms with Gasteiger partial charge in [-0.1, -0.05) is 0 Å². The van der Waals surface area contributed by atoms with Crippen LogP contribution in [-0.2, 0) is 11.3 Å². The molecule has 2 aromatic rings. The van der Waals surface area contributed by atoms with E-state index in [1.54, 1.807) is 30.3 Å². The molecule has 0 aliphatic carbocycles. The molecule has 7 nitrogen and oxygen atoms in total. The van der Waals surface area contributed by atoms with Crippen molar-refractivity contribution in [3.63, 3.8) is 0 Å². The van der Waals surface area contributed by atoms with E-state index in [2.05, 4.69) is 20.4 Å². The molecule has 0 amide bonds. The van der Waals surface area contributed by atoms with Gasteiger partial charge in [0, 0.05) is 25.5 Å². The first kappa shape index (κ1) is 15.0. The molecule has 0 fully saturated rings. The van der Waals surface area contributed by atoms with Crippen molar-refractivity contribution in [2.45, 2.75) is 19.1 Å². The van der Waals surface area contributed by atoms with Gasteiger partial charge in [-0.2, -0.15) is 26.4 Å². The molecule has 0 aliphatic rings. The molecule has 2 N–H and O–H groups in total. The van der Waals surface area contributed by atoms with Crippen LogP contribution in [0.3, 0.4) is 0 Å². The molecule has 2 aromatic heterocycles. The number of aromatic nitrogens is 4. The largest absolute Gasteiger partial charge is 0.387 e. The van der Waals surface area contributed by atoms with E-state index < -0.39 is 5.60 Å². The van der Waals surface area contributed by atoms with Gasteiger partial charge in [0.15, 0.2) is 0 Å². The smallest absolute Gasteiger partial charge is 0.254 e. The van der Waals surface area contributed by atoms with Crippen LogP contribution in [0.4, 0.5) is 5.82 Å². The van der Waals surface area contributed by atoms with Gasteiger partial charge in [0.2, 0.25) is 0 Å². The first-order valence-corrected chi connectivity index (χ1v) is 7.59. The number of fused-ring (bicyclic) bond motifs is 1. The summed E-state index contributed by atoms with van der Waals surface area (Å²) in [5.41, 5.74) is -0.0307. The number of rotatable bonds is 7. The third-order valence-electron chi connectivity index (χ3n) is 2.70. The van der Waals surface area contributed by atoms with Crippen LogP contribution in [0.1, 0.15) is 12.6 Å². The third-order valence-corrected chi connectivity index (χ3v) is 3.61. The molecule has 8 heteroatoms. The van der Waals surface area contributed by atoms with Crippen molar-refractivity contribution in [3.05, 3.63) is 18.1 Å². The minimum atomic E-state index is -0.795. The van der Waals surface area contributed by atoms with Crippen LogP contribution in [0.2, 0.25) is 0 Å². The van der Waals surface area contributed by atoms with Crippen molar-refractivity contribution in [2.75, 3.05) is 31.0 Å². The number of nitrogens with one attached hydrogen (secondary N) is 1. The number of hydrogen-bond donors (Lipinski definition) is 2. The highest BCUT2D eigenvalue weighted by atomic mass is 32.2. The number of anilines is 1. The summed E-state index contributed by atoms with van der Waals surface area (Å²) in [5.74, 6) is 1.89. The van der Waals surface area contributed by atoms with E-state index in [-0.39, 0.29) is 0 Å². The number of ether oxygens (including phenoxy) is 1. The highest BCUT2D eigenvalue weighted by Gasteiger charge is 2.20. The molecule has 110 valence electrons. The monoisotopic (exact) mass is 297 g/mol. The van der Waals surface area contributed by atoms with Crippen LogP contribution < -0.4 is 5.32 Å². The maximum atomic E-state index is 10.2. The molecule has 0 bridgehead atoms. The van der Waals surface area contributed by atoms with Crippen LogP contribution in [-0.4, -0.2) is 56.0 Å². The maximum absolute atomic E-state index is 10.2. The second kappa shape index (κ2) is 6.38. The summed E-state index contributed by atoms with van der Waals surface area (Å²) in [4.78, 5) is 8.41. The van der Waals surface area contributed by atoms with E-state index in [9.17, 15) is 5.11 Å². The van der Waals surface area contributed by atoms with Gasteiger partial charge in [-0.3, -0.25) is 0 Å². The predicted molar refractivity (Wildman–Crippen MR) is 79.0 cm³/mol. The molecular formula is C12H19N5O2S. The van der Waals surface area contributed by atoms with Gasteiger partial charge in [-0.15, -0.1) is 0 Å². The molecule has 0 radical (unpaired) electrons. The number of methoxy groups -OCH3 is 1. The molecule has 2 rings (SSSR count). The average Bonchev–Trinajstić information content (AvgIpc) is 2.84. The lowest BCUT2D eigenvalue weighted by atomic mass is 10.1. The van der Waals surface area contributed by atoms with Crippen LogP contribution in [0.15, 0.2) is 12.4 Å².